The van der Waals surface area contributed by atoms with E-state index in [0.29, 0.717) is 19.4 Å². The third-order valence-corrected chi connectivity index (χ3v) is 7.98. The van der Waals surface area contributed by atoms with Gasteiger partial charge in [0.15, 0.2) is 0 Å². The van der Waals surface area contributed by atoms with E-state index in [9.17, 15) is 18.3 Å². The molecule has 1 aromatic carbocycles. The normalized spacial score (nSPS) is 26.9. The molecule has 0 spiro atoms. The van der Waals surface area contributed by atoms with Crippen molar-refractivity contribution in [1.29, 1.82) is 0 Å². The highest BCUT2D eigenvalue weighted by molar-refractivity contribution is 7.89. The van der Waals surface area contributed by atoms with Gasteiger partial charge in [0.2, 0.25) is 15.9 Å². The van der Waals surface area contributed by atoms with Crippen LogP contribution in [0.5, 0.6) is 0 Å². The molecule has 33 heavy (non-hydrogen) atoms. The second-order valence-electron chi connectivity index (χ2n) is 9.23. The van der Waals surface area contributed by atoms with Gasteiger partial charge in [-0.25, -0.2) is 8.42 Å². The van der Waals surface area contributed by atoms with E-state index in [1.165, 1.54) is 4.31 Å². The topological polar surface area (TPSA) is 108 Å². The summed E-state index contributed by atoms with van der Waals surface area (Å²) in [5.41, 5.74) is 0.969. The van der Waals surface area contributed by atoms with E-state index in [-0.39, 0.29) is 43.1 Å². The van der Waals surface area contributed by atoms with E-state index >= 15 is 0 Å². The summed E-state index contributed by atoms with van der Waals surface area (Å²) in [5, 5.41) is 13.2. The number of benzene rings is 1. The quantitative estimate of drug-likeness (QED) is 0.525. The van der Waals surface area contributed by atoms with E-state index in [1.54, 1.807) is 24.3 Å². The smallest absolute Gasteiger partial charge is 0.243 e. The van der Waals surface area contributed by atoms with Crippen molar-refractivity contribution in [2.24, 2.45) is 0 Å². The summed E-state index contributed by atoms with van der Waals surface area (Å²) in [5.74, 6) is -0.0662. The number of amides is 1. The van der Waals surface area contributed by atoms with Gasteiger partial charge in [-0.1, -0.05) is 17.7 Å². The summed E-state index contributed by atoms with van der Waals surface area (Å²) < 4.78 is 40.1. The number of β-amino-alcohol motifs (C(OH)–C–C–N with tert-alkyl or cyclic N) is 1. The van der Waals surface area contributed by atoms with Crippen LogP contribution in [0.4, 0.5) is 0 Å². The Kier molecular flexibility index (Phi) is 9.25. The van der Waals surface area contributed by atoms with E-state index < -0.39 is 28.3 Å². The number of ether oxygens (including phenoxy) is 2. The molecule has 0 aliphatic carbocycles. The zero-order valence-electron chi connectivity index (χ0n) is 19.8. The van der Waals surface area contributed by atoms with Gasteiger partial charge in [-0.15, -0.1) is 0 Å². The Morgan fingerprint density at radius 1 is 1.21 bits per heavy atom. The van der Waals surface area contributed by atoms with Gasteiger partial charge in [0.25, 0.3) is 0 Å². The minimum absolute atomic E-state index is 0.0313. The van der Waals surface area contributed by atoms with Gasteiger partial charge in [-0.3, -0.25) is 4.79 Å². The third kappa shape index (κ3) is 7.21. The van der Waals surface area contributed by atoms with Crippen LogP contribution in [-0.2, 0) is 24.3 Å². The first-order valence-electron chi connectivity index (χ1n) is 11.6. The van der Waals surface area contributed by atoms with Crippen LogP contribution in [0, 0.1) is 6.92 Å². The standard InChI is InChI=1S/C23H37N3O6S/c1-17-5-8-20(9-6-17)33(29,30)26-14-18(27)15-31-16-22-21(26)10-7-19(32-22)13-23(28)24-11-4-12-25(2)3/h5-6,8-9,18-19,21-22,27H,4,7,10-16H2,1-3H3,(H,24,28)/t18-,19+,21-,22+/m1/s1. The number of fused-ring (bicyclic) bond motifs is 1. The maximum absolute atomic E-state index is 13.5. The third-order valence-electron chi connectivity index (χ3n) is 6.08. The van der Waals surface area contributed by atoms with Gasteiger partial charge in [0.1, 0.15) is 0 Å². The Hall–Kier alpha value is -1.56. The van der Waals surface area contributed by atoms with Crippen molar-refractivity contribution >= 4 is 15.9 Å². The molecule has 2 fully saturated rings. The SMILES string of the molecule is Cc1ccc(S(=O)(=O)N2C[C@@H](O)COC[C@@H]3O[C@H](CC(=O)NCCCN(C)C)CC[C@H]32)cc1. The van der Waals surface area contributed by atoms with Crippen molar-refractivity contribution in [2.45, 2.75) is 61.9 Å². The van der Waals surface area contributed by atoms with Crippen LogP contribution < -0.4 is 5.32 Å². The molecular formula is C23H37N3O6S. The van der Waals surface area contributed by atoms with Gasteiger partial charge in [0.05, 0.1) is 48.9 Å². The van der Waals surface area contributed by atoms with Crippen LogP contribution in [0.2, 0.25) is 0 Å². The number of sulfonamides is 1. The van der Waals surface area contributed by atoms with E-state index in [2.05, 4.69) is 10.2 Å². The second kappa shape index (κ2) is 11.7. The number of nitrogens with zero attached hydrogens (tertiary/aromatic N) is 2. The van der Waals surface area contributed by atoms with Gasteiger partial charge < -0.3 is 24.8 Å². The number of hydrogen-bond acceptors (Lipinski definition) is 7. The van der Waals surface area contributed by atoms with Crippen LogP contribution in [0.3, 0.4) is 0 Å². The van der Waals surface area contributed by atoms with Crippen molar-refractivity contribution in [1.82, 2.24) is 14.5 Å². The fourth-order valence-electron chi connectivity index (χ4n) is 4.32. The number of aliphatic hydroxyl groups is 1. The lowest BCUT2D eigenvalue weighted by molar-refractivity contribution is -0.146. The summed E-state index contributed by atoms with van der Waals surface area (Å²) in [6.45, 7) is 3.55. The summed E-state index contributed by atoms with van der Waals surface area (Å²) in [6, 6.07) is 6.24. The maximum Gasteiger partial charge on any atom is 0.243 e. The summed E-state index contributed by atoms with van der Waals surface area (Å²) in [4.78, 5) is 14.6. The number of carbonyl (C=O) groups excluding carboxylic acids is 1. The van der Waals surface area contributed by atoms with E-state index in [1.807, 2.05) is 21.0 Å². The molecule has 0 saturated carbocycles. The fraction of sp³-hybridized carbons (Fsp3) is 0.696. The first-order chi connectivity index (χ1) is 15.7. The van der Waals surface area contributed by atoms with Gasteiger partial charge >= 0.3 is 0 Å². The average molecular weight is 484 g/mol. The summed E-state index contributed by atoms with van der Waals surface area (Å²) in [7, 11) is 0.155. The van der Waals surface area contributed by atoms with Crippen molar-refractivity contribution in [3.63, 3.8) is 0 Å². The molecule has 0 bridgehead atoms. The fourth-order valence-corrected chi connectivity index (χ4v) is 6.04. The van der Waals surface area contributed by atoms with Crippen LogP contribution in [0.1, 0.15) is 31.2 Å². The molecule has 9 nitrogen and oxygen atoms in total. The minimum atomic E-state index is -3.83. The maximum atomic E-state index is 13.5. The molecule has 0 radical (unpaired) electrons. The Morgan fingerprint density at radius 2 is 1.94 bits per heavy atom. The second-order valence-corrected chi connectivity index (χ2v) is 11.1. The van der Waals surface area contributed by atoms with Crippen molar-refractivity contribution in [3.8, 4) is 0 Å². The van der Waals surface area contributed by atoms with E-state index in [0.717, 1.165) is 18.5 Å². The first kappa shape index (κ1) is 26.1. The zero-order valence-corrected chi connectivity index (χ0v) is 20.6. The van der Waals surface area contributed by atoms with Crippen LogP contribution >= 0.6 is 0 Å². The number of hydrogen-bond donors (Lipinski definition) is 2. The molecule has 2 N–H and O–H groups in total. The van der Waals surface area contributed by atoms with Crippen LogP contribution in [-0.4, -0.2) is 99.9 Å². The molecule has 186 valence electrons. The minimum Gasteiger partial charge on any atom is -0.389 e. The molecule has 1 amide bonds. The Morgan fingerprint density at radius 3 is 2.64 bits per heavy atom. The first-order valence-corrected chi connectivity index (χ1v) is 13.0. The van der Waals surface area contributed by atoms with Gasteiger partial charge in [-0.05, 0) is 59.0 Å². The molecule has 1 aromatic rings. The molecule has 2 aliphatic heterocycles. The molecule has 4 atom stereocenters. The van der Waals surface area contributed by atoms with Crippen LogP contribution in [0.25, 0.3) is 0 Å². The van der Waals surface area contributed by atoms with Crippen molar-refractivity contribution < 1.29 is 27.8 Å². The summed E-state index contributed by atoms with van der Waals surface area (Å²) >= 11 is 0. The van der Waals surface area contributed by atoms with Gasteiger partial charge in [-0.2, -0.15) is 4.31 Å². The molecule has 0 unspecified atom stereocenters. The van der Waals surface area contributed by atoms with Crippen LogP contribution in [0.15, 0.2) is 29.2 Å². The summed E-state index contributed by atoms with van der Waals surface area (Å²) in [6.07, 6.45) is 0.481. The highest BCUT2D eigenvalue weighted by Crippen LogP contribution is 2.31. The number of nitrogens with one attached hydrogen (secondary N) is 1. The lowest BCUT2D eigenvalue weighted by atomic mass is 9.96. The van der Waals surface area contributed by atoms with Gasteiger partial charge in [0, 0.05) is 13.1 Å². The molecule has 2 heterocycles. The molecule has 10 heteroatoms. The average Bonchev–Trinajstić information content (AvgIpc) is 2.74. The highest BCUT2D eigenvalue weighted by atomic mass is 32.2. The predicted octanol–water partition coefficient (Wildman–Crippen LogP) is 0.751. The monoisotopic (exact) mass is 483 g/mol. The molecular weight excluding hydrogens is 446 g/mol. The Balaban J connectivity index is 1.67. The number of rotatable bonds is 8. The number of aliphatic hydroxyl groups excluding tert-OH is 1. The molecule has 2 aliphatic rings. The zero-order chi connectivity index (χ0) is 24.0. The Bertz CT molecular complexity index is 877. The lowest BCUT2D eigenvalue weighted by Gasteiger charge is -2.43. The lowest BCUT2D eigenvalue weighted by Crippen LogP contribution is -2.57. The van der Waals surface area contributed by atoms with Crippen molar-refractivity contribution in [2.75, 3.05) is 46.9 Å². The highest BCUT2D eigenvalue weighted by Gasteiger charge is 2.43. The Labute approximate surface area is 197 Å². The molecule has 3 rings (SSSR count). The van der Waals surface area contributed by atoms with E-state index in [4.69, 9.17) is 9.47 Å². The number of aryl methyl sites for hydroxylation is 1. The number of carbonyl (C=O) groups is 1. The molecule has 0 aromatic heterocycles. The van der Waals surface area contributed by atoms with Crippen molar-refractivity contribution in [3.05, 3.63) is 29.8 Å². The predicted molar refractivity (Wildman–Crippen MR) is 124 cm³/mol. The molecule has 2 saturated heterocycles. The largest absolute Gasteiger partial charge is 0.389 e.